The fraction of sp³-hybridized carbons (Fsp3) is 0.391. The van der Waals surface area contributed by atoms with E-state index in [0.717, 1.165) is 38.2 Å². The molecule has 2 aliphatic heterocycles. The van der Waals surface area contributed by atoms with Gasteiger partial charge in [-0.15, -0.1) is 0 Å². The summed E-state index contributed by atoms with van der Waals surface area (Å²) in [6, 6.07) is 13.9. The molecule has 1 aromatic carbocycles. The average molecular weight is 375 g/mol. The molecule has 0 unspecified atom stereocenters. The van der Waals surface area contributed by atoms with Gasteiger partial charge in [-0.1, -0.05) is 24.3 Å². The highest BCUT2D eigenvalue weighted by Gasteiger charge is 2.35. The van der Waals surface area contributed by atoms with Crippen molar-refractivity contribution < 1.29 is 4.79 Å². The summed E-state index contributed by atoms with van der Waals surface area (Å²) in [6.07, 6.45) is 4.53. The van der Waals surface area contributed by atoms with E-state index < -0.39 is 0 Å². The predicted octanol–water partition coefficient (Wildman–Crippen LogP) is 2.92. The number of benzene rings is 1. The van der Waals surface area contributed by atoms with Crippen LogP contribution < -0.4 is 5.56 Å². The molecular formula is C23H25N3O2. The molecule has 0 N–H and O–H groups in total. The van der Waals surface area contributed by atoms with Gasteiger partial charge in [-0.25, -0.2) is 0 Å². The number of carbonyl (C=O) groups excluding carboxylic acids is 1. The summed E-state index contributed by atoms with van der Waals surface area (Å²) >= 11 is 0. The number of pyridine rings is 1. The van der Waals surface area contributed by atoms with Gasteiger partial charge < -0.3 is 14.0 Å². The Morgan fingerprint density at radius 3 is 2.82 bits per heavy atom. The second-order valence-corrected chi connectivity index (χ2v) is 8.28. The zero-order valence-electron chi connectivity index (χ0n) is 16.2. The molecule has 1 fully saturated rings. The third-order valence-electron chi connectivity index (χ3n) is 6.42. The molecule has 2 aliphatic rings. The van der Waals surface area contributed by atoms with Crippen LogP contribution in [0.15, 0.2) is 53.5 Å². The Morgan fingerprint density at radius 2 is 1.93 bits per heavy atom. The first-order chi connectivity index (χ1) is 13.6. The lowest BCUT2D eigenvalue weighted by Crippen LogP contribution is -2.49. The molecule has 0 spiro atoms. The highest BCUT2D eigenvalue weighted by atomic mass is 16.2. The number of aryl methyl sites for hydroxylation is 2. The van der Waals surface area contributed by atoms with Gasteiger partial charge in [0.2, 0.25) is 5.91 Å². The van der Waals surface area contributed by atoms with Crippen molar-refractivity contribution in [2.75, 3.05) is 13.1 Å². The number of rotatable bonds is 3. The molecule has 1 saturated heterocycles. The molecule has 5 nitrogen and oxygen atoms in total. The Labute approximate surface area is 164 Å². The molecular weight excluding hydrogens is 350 g/mol. The summed E-state index contributed by atoms with van der Waals surface area (Å²) in [7, 11) is 2.05. The largest absolute Gasteiger partial charge is 0.350 e. The maximum atomic E-state index is 13.0. The van der Waals surface area contributed by atoms with E-state index in [1.165, 1.54) is 16.5 Å². The molecule has 3 aromatic rings. The molecule has 2 atom stereocenters. The van der Waals surface area contributed by atoms with E-state index in [4.69, 9.17) is 0 Å². The first kappa shape index (κ1) is 17.3. The minimum atomic E-state index is 0.0860. The first-order valence-corrected chi connectivity index (χ1v) is 10.1. The zero-order chi connectivity index (χ0) is 19.3. The number of para-hydroxylation sites is 1. The van der Waals surface area contributed by atoms with Crippen LogP contribution in [-0.4, -0.2) is 33.0 Å². The van der Waals surface area contributed by atoms with Crippen molar-refractivity contribution in [1.29, 1.82) is 0 Å². The lowest BCUT2D eigenvalue weighted by atomic mass is 9.83. The van der Waals surface area contributed by atoms with Gasteiger partial charge in [0, 0.05) is 67.9 Å². The topological polar surface area (TPSA) is 47.2 Å². The molecule has 2 aromatic heterocycles. The fourth-order valence-corrected chi connectivity index (χ4v) is 5.12. The van der Waals surface area contributed by atoms with Gasteiger partial charge in [0.15, 0.2) is 0 Å². The Kier molecular flexibility index (Phi) is 4.11. The molecule has 1 amide bonds. The van der Waals surface area contributed by atoms with Crippen LogP contribution in [0.2, 0.25) is 0 Å². The van der Waals surface area contributed by atoms with Crippen LogP contribution in [0, 0.1) is 5.92 Å². The number of carbonyl (C=O) groups is 1. The third kappa shape index (κ3) is 2.86. The maximum absolute atomic E-state index is 13.0. The highest BCUT2D eigenvalue weighted by molar-refractivity contribution is 5.85. The van der Waals surface area contributed by atoms with Crippen molar-refractivity contribution in [2.24, 2.45) is 13.0 Å². The second-order valence-electron chi connectivity index (χ2n) is 8.28. The average Bonchev–Trinajstić information content (AvgIpc) is 3.03. The van der Waals surface area contributed by atoms with E-state index in [0.29, 0.717) is 12.3 Å². The van der Waals surface area contributed by atoms with Gasteiger partial charge >= 0.3 is 0 Å². The molecule has 4 heterocycles. The number of hydrogen-bond donors (Lipinski definition) is 0. The molecule has 144 valence electrons. The predicted molar refractivity (Wildman–Crippen MR) is 109 cm³/mol. The summed E-state index contributed by atoms with van der Waals surface area (Å²) in [4.78, 5) is 27.2. The number of nitrogens with zero attached hydrogens (tertiary/aromatic N) is 3. The summed E-state index contributed by atoms with van der Waals surface area (Å²) < 4.78 is 4.05. The number of likely N-dealkylation sites (tertiary alicyclic amines) is 1. The van der Waals surface area contributed by atoms with Crippen molar-refractivity contribution in [3.63, 3.8) is 0 Å². The minimum absolute atomic E-state index is 0.0860. The molecule has 0 saturated carbocycles. The van der Waals surface area contributed by atoms with Crippen molar-refractivity contribution in [3.8, 4) is 0 Å². The van der Waals surface area contributed by atoms with Crippen LogP contribution in [-0.2, 0) is 24.8 Å². The Balaban J connectivity index is 1.31. The Bertz CT molecular complexity index is 1110. The Morgan fingerprint density at radius 1 is 1.07 bits per heavy atom. The number of fused-ring (bicyclic) bond motifs is 5. The molecule has 0 radical (unpaired) electrons. The van der Waals surface area contributed by atoms with Crippen molar-refractivity contribution in [1.82, 2.24) is 14.0 Å². The summed E-state index contributed by atoms with van der Waals surface area (Å²) in [5.41, 5.74) is 3.62. The van der Waals surface area contributed by atoms with Crippen LogP contribution in [0.1, 0.15) is 30.0 Å². The standard InChI is InChI=1S/C23H25N3O2/c1-24-14-17(19-5-2-3-6-21(19)24)9-10-22(27)25-12-16-11-18(15-25)20-7-4-8-23(28)26(20)13-16/h2-8,14,16,18H,9-13,15H2,1H3/t16-,18+/m0/s1. The van der Waals surface area contributed by atoms with Crippen LogP contribution in [0.25, 0.3) is 10.9 Å². The van der Waals surface area contributed by atoms with Gasteiger partial charge in [-0.05, 0) is 36.5 Å². The second kappa shape index (κ2) is 6.66. The first-order valence-electron chi connectivity index (χ1n) is 10.1. The number of aromatic nitrogens is 2. The van der Waals surface area contributed by atoms with E-state index in [1.54, 1.807) is 6.07 Å². The van der Waals surface area contributed by atoms with Gasteiger partial charge in [0.1, 0.15) is 0 Å². The van der Waals surface area contributed by atoms with Crippen LogP contribution in [0.3, 0.4) is 0 Å². The fourth-order valence-electron chi connectivity index (χ4n) is 5.12. The molecule has 5 heteroatoms. The normalized spacial score (nSPS) is 21.0. The van der Waals surface area contributed by atoms with Gasteiger partial charge in [0.05, 0.1) is 0 Å². The van der Waals surface area contributed by atoms with Crippen LogP contribution >= 0.6 is 0 Å². The summed E-state index contributed by atoms with van der Waals surface area (Å²) in [5.74, 6) is 0.894. The van der Waals surface area contributed by atoms with Crippen molar-refractivity contribution >= 4 is 16.8 Å². The monoisotopic (exact) mass is 375 g/mol. The smallest absolute Gasteiger partial charge is 0.250 e. The quantitative estimate of drug-likeness (QED) is 0.707. The number of hydrogen-bond acceptors (Lipinski definition) is 2. The lowest BCUT2D eigenvalue weighted by molar-refractivity contribution is -0.133. The molecule has 0 aliphatic carbocycles. The van der Waals surface area contributed by atoms with E-state index in [-0.39, 0.29) is 17.4 Å². The summed E-state index contributed by atoms with van der Waals surface area (Å²) in [5, 5.41) is 1.24. The van der Waals surface area contributed by atoms with Gasteiger partial charge in [-0.3, -0.25) is 9.59 Å². The van der Waals surface area contributed by atoms with Crippen LogP contribution in [0.4, 0.5) is 0 Å². The maximum Gasteiger partial charge on any atom is 0.250 e. The van der Waals surface area contributed by atoms with Gasteiger partial charge in [0.25, 0.3) is 5.56 Å². The van der Waals surface area contributed by atoms with E-state index >= 15 is 0 Å². The summed E-state index contributed by atoms with van der Waals surface area (Å²) in [6.45, 7) is 2.23. The van der Waals surface area contributed by atoms with Crippen LogP contribution in [0.5, 0.6) is 0 Å². The number of amides is 1. The van der Waals surface area contributed by atoms with Crippen molar-refractivity contribution in [3.05, 3.63) is 70.3 Å². The molecule has 28 heavy (non-hydrogen) atoms. The number of piperidine rings is 1. The highest BCUT2D eigenvalue weighted by Crippen LogP contribution is 2.35. The minimum Gasteiger partial charge on any atom is -0.350 e. The van der Waals surface area contributed by atoms with Gasteiger partial charge in [-0.2, -0.15) is 0 Å². The Hall–Kier alpha value is -2.82. The molecule has 2 bridgehead atoms. The molecule has 5 rings (SSSR count). The van der Waals surface area contributed by atoms with E-state index in [9.17, 15) is 9.59 Å². The van der Waals surface area contributed by atoms with E-state index in [2.05, 4.69) is 36.0 Å². The zero-order valence-corrected chi connectivity index (χ0v) is 16.2. The van der Waals surface area contributed by atoms with Crippen molar-refractivity contribution in [2.45, 2.75) is 31.7 Å². The lowest BCUT2D eigenvalue weighted by Gasteiger charge is -2.42. The SMILES string of the molecule is Cn1cc(CCC(=O)N2C[C@@H]3C[C@H](C2)c2cccc(=O)n2C3)c2ccccc21. The third-order valence-corrected chi connectivity index (χ3v) is 6.42. The van der Waals surface area contributed by atoms with E-state index in [1.807, 2.05) is 27.7 Å².